The number of nitrogens with one attached hydrogen (secondary N) is 1. The minimum absolute atomic E-state index is 0.0527. The number of hydrogen-bond donors (Lipinski definition) is 1. The highest BCUT2D eigenvalue weighted by Crippen LogP contribution is 2.27. The normalized spacial score (nSPS) is 14.3. The van der Waals surface area contributed by atoms with Crippen molar-refractivity contribution in [1.29, 1.82) is 0 Å². The number of nitrogens with zero attached hydrogens (tertiary/aromatic N) is 2. The number of anilines is 1. The average molecular weight is 670 g/mol. The van der Waals surface area contributed by atoms with E-state index in [0.717, 1.165) is 53.7 Å². The molecule has 0 heterocycles. The van der Waals surface area contributed by atoms with Gasteiger partial charge in [0.15, 0.2) is 0 Å². The van der Waals surface area contributed by atoms with Crippen LogP contribution in [0.1, 0.15) is 48.8 Å². The fourth-order valence-corrected chi connectivity index (χ4v) is 7.82. The molecule has 0 spiro atoms. The molecule has 1 N–H and O–H groups in total. The summed E-state index contributed by atoms with van der Waals surface area (Å²) in [5.41, 5.74) is 3.11. The minimum atomic E-state index is -4.14. The van der Waals surface area contributed by atoms with E-state index >= 15 is 0 Å². The lowest BCUT2D eigenvalue weighted by molar-refractivity contribution is -0.140. The first-order valence-corrected chi connectivity index (χ1v) is 18.8. The SMILES string of the molecule is CSc1ccc(S(=O)(=O)N(CC(=O)N(Cc2ccccc2)[C@@H](Cc2ccccc2)C(=O)NC2CCCCC2)c2ccc(C)cc2)cc1. The molecular formula is C38H43N3O4S2. The molecule has 1 atom stereocenters. The fraction of sp³-hybridized carbons (Fsp3) is 0.316. The van der Waals surface area contributed by atoms with Gasteiger partial charge in [-0.3, -0.25) is 13.9 Å². The Morgan fingerprint density at radius 3 is 2.00 bits per heavy atom. The highest BCUT2D eigenvalue weighted by atomic mass is 32.2. The van der Waals surface area contributed by atoms with Gasteiger partial charge in [0, 0.05) is 23.9 Å². The van der Waals surface area contributed by atoms with Crippen LogP contribution in [0.4, 0.5) is 5.69 Å². The van der Waals surface area contributed by atoms with Gasteiger partial charge in [-0.05, 0) is 73.5 Å². The van der Waals surface area contributed by atoms with Crippen LogP contribution in [-0.4, -0.2) is 50.0 Å². The number of hydrogen-bond acceptors (Lipinski definition) is 5. The molecule has 0 aliphatic heterocycles. The highest BCUT2D eigenvalue weighted by molar-refractivity contribution is 7.98. The van der Waals surface area contributed by atoms with Gasteiger partial charge in [-0.2, -0.15) is 0 Å². The largest absolute Gasteiger partial charge is 0.352 e. The minimum Gasteiger partial charge on any atom is -0.352 e. The third-order valence-corrected chi connectivity index (χ3v) is 11.2. The second-order valence-corrected chi connectivity index (χ2v) is 14.8. The summed E-state index contributed by atoms with van der Waals surface area (Å²) >= 11 is 1.52. The van der Waals surface area contributed by atoms with Crippen molar-refractivity contribution in [3.63, 3.8) is 0 Å². The summed E-state index contributed by atoms with van der Waals surface area (Å²) in [6.45, 7) is 1.61. The first-order chi connectivity index (χ1) is 22.7. The summed E-state index contributed by atoms with van der Waals surface area (Å²) in [7, 11) is -4.14. The Kier molecular flexibility index (Phi) is 11.8. The van der Waals surface area contributed by atoms with E-state index in [4.69, 9.17) is 0 Å². The average Bonchev–Trinajstić information content (AvgIpc) is 3.10. The first kappa shape index (κ1) is 34.3. The molecule has 1 aliphatic carbocycles. The van der Waals surface area contributed by atoms with Crippen LogP contribution < -0.4 is 9.62 Å². The van der Waals surface area contributed by atoms with Gasteiger partial charge in [-0.1, -0.05) is 97.6 Å². The monoisotopic (exact) mass is 669 g/mol. The maximum atomic E-state index is 14.6. The second kappa shape index (κ2) is 16.2. The van der Waals surface area contributed by atoms with Gasteiger partial charge in [-0.15, -0.1) is 11.8 Å². The fourth-order valence-electron chi connectivity index (χ4n) is 5.99. The molecule has 0 saturated heterocycles. The second-order valence-electron chi connectivity index (χ2n) is 12.1. The first-order valence-electron chi connectivity index (χ1n) is 16.2. The topological polar surface area (TPSA) is 86.8 Å². The highest BCUT2D eigenvalue weighted by Gasteiger charge is 2.35. The van der Waals surface area contributed by atoms with E-state index < -0.39 is 28.5 Å². The van der Waals surface area contributed by atoms with Crippen LogP contribution in [0.3, 0.4) is 0 Å². The zero-order chi connectivity index (χ0) is 33.2. The predicted octanol–water partition coefficient (Wildman–Crippen LogP) is 7.00. The Labute approximate surface area is 283 Å². The maximum Gasteiger partial charge on any atom is 0.264 e. The van der Waals surface area contributed by atoms with E-state index in [-0.39, 0.29) is 23.4 Å². The lowest BCUT2D eigenvalue weighted by atomic mass is 9.94. The Hall–Kier alpha value is -4.08. The summed E-state index contributed by atoms with van der Waals surface area (Å²) in [4.78, 5) is 31.4. The van der Waals surface area contributed by atoms with Crippen molar-refractivity contribution in [2.75, 3.05) is 17.1 Å². The van der Waals surface area contributed by atoms with Crippen LogP contribution in [0.2, 0.25) is 0 Å². The molecule has 9 heteroatoms. The Bertz CT molecular complexity index is 1710. The van der Waals surface area contributed by atoms with Crippen molar-refractivity contribution in [3.8, 4) is 0 Å². The number of aryl methyl sites for hydroxylation is 1. The molecule has 0 bridgehead atoms. The van der Waals surface area contributed by atoms with Crippen LogP contribution >= 0.6 is 11.8 Å². The van der Waals surface area contributed by atoms with E-state index in [1.54, 1.807) is 41.3 Å². The van der Waals surface area contributed by atoms with E-state index in [0.29, 0.717) is 12.1 Å². The maximum absolute atomic E-state index is 14.6. The Morgan fingerprint density at radius 1 is 0.809 bits per heavy atom. The summed E-state index contributed by atoms with van der Waals surface area (Å²) in [6, 6.07) is 32.2. The van der Waals surface area contributed by atoms with Gasteiger partial charge in [0.25, 0.3) is 10.0 Å². The zero-order valence-electron chi connectivity index (χ0n) is 27.0. The quantitative estimate of drug-likeness (QED) is 0.155. The van der Waals surface area contributed by atoms with Crippen molar-refractivity contribution < 1.29 is 18.0 Å². The number of carbonyl (C=O) groups excluding carboxylic acids is 2. The molecule has 47 heavy (non-hydrogen) atoms. The predicted molar refractivity (Wildman–Crippen MR) is 190 cm³/mol. The molecule has 1 fully saturated rings. The van der Waals surface area contributed by atoms with E-state index in [1.807, 2.05) is 86.0 Å². The van der Waals surface area contributed by atoms with E-state index in [9.17, 15) is 18.0 Å². The van der Waals surface area contributed by atoms with Crippen molar-refractivity contribution in [1.82, 2.24) is 10.2 Å². The van der Waals surface area contributed by atoms with Gasteiger partial charge in [0.05, 0.1) is 10.6 Å². The molecule has 1 saturated carbocycles. The van der Waals surface area contributed by atoms with E-state index in [2.05, 4.69) is 5.32 Å². The summed E-state index contributed by atoms with van der Waals surface area (Å²) in [5.74, 6) is -0.680. The Balaban J connectivity index is 1.54. The molecular weight excluding hydrogens is 627 g/mol. The summed E-state index contributed by atoms with van der Waals surface area (Å²) in [6.07, 6.45) is 7.31. The number of amides is 2. The number of benzene rings is 4. The van der Waals surface area contributed by atoms with Crippen LogP contribution in [0.15, 0.2) is 119 Å². The van der Waals surface area contributed by atoms with Crippen molar-refractivity contribution in [2.24, 2.45) is 0 Å². The zero-order valence-corrected chi connectivity index (χ0v) is 28.7. The van der Waals surface area contributed by atoms with Gasteiger partial charge in [0.2, 0.25) is 11.8 Å². The van der Waals surface area contributed by atoms with Crippen molar-refractivity contribution in [2.45, 2.75) is 73.9 Å². The number of rotatable bonds is 13. The number of sulfonamides is 1. The number of thioether (sulfide) groups is 1. The lowest BCUT2D eigenvalue weighted by Crippen LogP contribution is -2.55. The van der Waals surface area contributed by atoms with Gasteiger partial charge < -0.3 is 10.2 Å². The molecule has 4 aromatic rings. The standard InChI is InChI=1S/C38H43N3O4S2/c1-29-18-20-33(21-19-29)41(47(44,45)35-24-22-34(46-2)23-25-35)28-37(42)40(27-31-14-8-4-9-15-31)36(26-30-12-6-3-7-13-30)38(43)39-32-16-10-5-11-17-32/h3-4,6-9,12-15,18-25,32,36H,5,10-11,16-17,26-28H2,1-2H3,(H,39,43)/t36-/m0/s1. The molecule has 0 aromatic heterocycles. The Morgan fingerprint density at radius 2 is 1.40 bits per heavy atom. The van der Waals surface area contributed by atoms with Crippen LogP contribution in [0.5, 0.6) is 0 Å². The van der Waals surface area contributed by atoms with Gasteiger partial charge >= 0.3 is 0 Å². The summed E-state index contributed by atoms with van der Waals surface area (Å²) in [5, 5.41) is 3.25. The third kappa shape index (κ3) is 9.05. The molecule has 4 aromatic carbocycles. The molecule has 0 radical (unpaired) electrons. The smallest absolute Gasteiger partial charge is 0.264 e. The third-order valence-electron chi connectivity index (χ3n) is 8.67. The molecule has 1 aliphatic rings. The lowest BCUT2D eigenvalue weighted by Gasteiger charge is -2.35. The van der Waals surface area contributed by atoms with Crippen LogP contribution in [0.25, 0.3) is 0 Å². The van der Waals surface area contributed by atoms with Gasteiger partial charge in [-0.25, -0.2) is 8.42 Å². The molecule has 7 nitrogen and oxygen atoms in total. The van der Waals surface area contributed by atoms with Crippen LogP contribution in [-0.2, 0) is 32.6 Å². The molecule has 2 amide bonds. The van der Waals surface area contributed by atoms with Gasteiger partial charge in [0.1, 0.15) is 12.6 Å². The van der Waals surface area contributed by atoms with Crippen molar-refractivity contribution in [3.05, 3.63) is 126 Å². The number of carbonyl (C=O) groups is 2. The molecule has 246 valence electrons. The molecule has 0 unspecified atom stereocenters. The van der Waals surface area contributed by atoms with Crippen molar-refractivity contribution >= 4 is 39.3 Å². The summed E-state index contributed by atoms with van der Waals surface area (Å²) < 4.78 is 29.7. The van der Waals surface area contributed by atoms with E-state index in [1.165, 1.54) is 16.1 Å². The molecule has 5 rings (SSSR count). The van der Waals surface area contributed by atoms with Crippen LogP contribution in [0, 0.1) is 6.92 Å².